The lowest BCUT2D eigenvalue weighted by Gasteiger charge is -2.35. The first-order chi connectivity index (χ1) is 11.7. The number of hydrogen-bond acceptors (Lipinski definition) is 6. The van der Waals surface area contributed by atoms with Crippen molar-refractivity contribution >= 4 is 23.6 Å². The van der Waals surface area contributed by atoms with Crippen molar-refractivity contribution in [1.82, 2.24) is 14.8 Å². The van der Waals surface area contributed by atoms with Crippen LogP contribution < -0.4 is 5.32 Å². The number of hydrogen-bond donors (Lipinski definition) is 1. The summed E-state index contributed by atoms with van der Waals surface area (Å²) in [7, 11) is 0. The Labute approximate surface area is 144 Å². The van der Waals surface area contributed by atoms with Gasteiger partial charge in [0.05, 0.1) is 5.69 Å². The van der Waals surface area contributed by atoms with Crippen LogP contribution >= 0.6 is 0 Å². The summed E-state index contributed by atoms with van der Waals surface area (Å²) in [5.41, 5.74) is -0.195. The molecule has 0 radical (unpaired) electrons. The van der Waals surface area contributed by atoms with Crippen LogP contribution in [0.2, 0.25) is 0 Å². The third kappa shape index (κ3) is 5.30. The summed E-state index contributed by atoms with van der Waals surface area (Å²) in [4.78, 5) is 40.9. The first-order valence-corrected chi connectivity index (χ1v) is 7.80. The molecule has 2 heterocycles. The summed E-state index contributed by atoms with van der Waals surface area (Å²) in [5, 5.41) is 13.2. The SMILES string of the molecule is CC(C)(C)OC(=O)N1CCN(C(=O)Nc2ccc([N+](=O)[O-])nc2)CC1. The first kappa shape index (κ1) is 18.4. The average molecular weight is 351 g/mol. The highest BCUT2D eigenvalue weighted by molar-refractivity contribution is 5.89. The van der Waals surface area contributed by atoms with E-state index in [9.17, 15) is 19.7 Å². The van der Waals surface area contributed by atoms with Crippen LogP contribution in [-0.4, -0.2) is 63.6 Å². The van der Waals surface area contributed by atoms with Crippen LogP contribution in [0.15, 0.2) is 18.3 Å². The zero-order chi connectivity index (χ0) is 18.6. The van der Waals surface area contributed by atoms with Gasteiger partial charge in [-0.15, -0.1) is 0 Å². The molecule has 0 spiro atoms. The molecule has 1 saturated heterocycles. The number of nitro groups is 1. The van der Waals surface area contributed by atoms with Crippen LogP contribution in [-0.2, 0) is 4.74 Å². The van der Waals surface area contributed by atoms with Crippen molar-refractivity contribution in [1.29, 1.82) is 0 Å². The van der Waals surface area contributed by atoms with Crippen molar-refractivity contribution in [3.63, 3.8) is 0 Å². The third-order valence-corrected chi connectivity index (χ3v) is 3.40. The first-order valence-electron chi connectivity index (χ1n) is 7.80. The molecule has 25 heavy (non-hydrogen) atoms. The number of urea groups is 1. The van der Waals surface area contributed by atoms with Crippen LogP contribution in [0.1, 0.15) is 20.8 Å². The van der Waals surface area contributed by atoms with E-state index in [1.54, 1.807) is 30.6 Å². The minimum absolute atomic E-state index is 0.288. The molecule has 136 valence electrons. The Bertz CT molecular complexity index is 647. The van der Waals surface area contributed by atoms with Gasteiger partial charge in [-0.05, 0) is 36.7 Å². The van der Waals surface area contributed by atoms with Crippen molar-refractivity contribution in [2.24, 2.45) is 0 Å². The lowest BCUT2D eigenvalue weighted by Crippen LogP contribution is -2.52. The van der Waals surface area contributed by atoms with E-state index in [4.69, 9.17) is 4.74 Å². The van der Waals surface area contributed by atoms with Gasteiger partial charge in [-0.25, -0.2) is 9.59 Å². The Kier molecular flexibility index (Phi) is 5.40. The molecule has 0 saturated carbocycles. The molecule has 0 unspecified atom stereocenters. The van der Waals surface area contributed by atoms with E-state index in [-0.39, 0.29) is 11.8 Å². The number of ether oxygens (including phenoxy) is 1. The highest BCUT2D eigenvalue weighted by Gasteiger charge is 2.27. The van der Waals surface area contributed by atoms with Crippen molar-refractivity contribution in [3.05, 3.63) is 28.4 Å². The largest absolute Gasteiger partial charge is 0.444 e. The minimum Gasteiger partial charge on any atom is -0.444 e. The second-order valence-electron chi connectivity index (χ2n) is 6.55. The summed E-state index contributed by atoms with van der Waals surface area (Å²) in [6, 6.07) is 2.29. The number of pyridine rings is 1. The molecular formula is C15H21N5O5. The number of nitrogens with one attached hydrogen (secondary N) is 1. The van der Waals surface area contributed by atoms with Crippen molar-refractivity contribution < 1.29 is 19.2 Å². The van der Waals surface area contributed by atoms with Crippen molar-refractivity contribution in [2.75, 3.05) is 31.5 Å². The Balaban J connectivity index is 1.84. The molecule has 0 aromatic carbocycles. The summed E-state index contributed by atoms with van der Waals surface area (Å²) in [6.07, 6.45) is 0.833. The maximum absolute atomic E-state index is 12.2. The smallest absolute Gasteiger partial charge is 0.410 e. The normalized spacial score (nSPS) is 14.8. The van der Waals surface area contributed by atoms with Crippen molar-refractivity contribution in [2.45, 2.75) is 26.4 Å². The van der Waals surface area contributed by atoms with Gasteiger partial charge < -0.3 is 30.0 Å². The average Bonchev–Trinajstić information content (AvgIpc) is 2.54. The highest BCUT2D eigenvalue weighted by atomic mass is 16.6. The van der Waals surface area contributed by atoms with Gasteiger partial charge in [-0.3, -0.25) is 0 Å². The Morgan fingerprint density at radius 2 is 1.80 bits per heavy atom. The zero-order valence-corrected chi connectivity index (χ0v) is 14.4. The standard InChI is InChI=1S/C15H21N5O5/c1-15(2,3)25-14(22)19-8-6-18(7-9-19)13(21)17-11-4-5-12(16-10-11)20(23)24/h4-5,10H,6-9H2,1-3H3,(H,17,21). The monoisotopic (exact) mass is 351 g/mol. The number of aromatic nitrogens is 1. The summed E-state index contributed by atoms with van der Waals surface area (Å²) in [6.45, 7) is 6.88. The van der Waals surface area contributed by atoms with Gasteiger partial charge in [0.15, 0.2) is 6.20 Å². The molecule has 1 fully saturated rings. The van der Waals surface area contributed by atoms with Gasteiger partial charge in [0.25, 0.3) is 0 Å². The van der Waals surface area contributed by atoms with Crippen LogP contribution in [0.3, 0.4) is 0 Å². The van der Waals surface area contributed by atoms with E-state index in [2.05, 4.69) is 10.3 Å². The summed E-state index contributed by atoms with van der Waals surface area (Å²) >= 11 is 0. The fourth-order valence-electron chi connectivity index (χ4n) is 2.19. The number of rotatable bonds is 2. The molecule has 1 aromatic rings. The lowest BCUT2D eigenvalue weighted by molar-refractivity contribution is -0.389. The number of anilines is 1. The Hall–Kier alpha value is -2.91. The summed E-state index contributed by atoms with van der Waals surface area (Å²) < 4.78 is 5.30. The number of carbonyl (C=O) groups excluding carboxylic acids is 2. The third-order valence-electron chi connectivity index (χ3n) is 3.40. The van der Waals surface area contributed by atoms with Gasteiger partial charge in [0.1, 0.15) is 5.60 Å². The number of piperazine rings is 1. The fraction of sp³-hybridized carbons (Fsp3) is 0.533. The molecule has 1 aliphatic heterocycles. The van der Waals surface area contributed by atoms with Gasteiger partial charge in [0, 0.05) is 32.2 Å². The van der Waals surface area contributed by atoms with E-state index >= 15 is 0 Å². The highest BCUT2D eigenvalue weighted by Crippen LogP contribution is 2.14. The molecule has 3 amide bonds. The predicted molar refractivity (Wildman–Crippen MR) is 89.3 cm³/mol. The van der Waals surface area contributed by atoms with E-state index in [1.165, 1.54) is 18.3 Å². The molecule has 10 heteroatoms. The molecule has 1 aliphatic rings. The van der Waals surface area contributed by atoms with Gasteiger partial charge in [-0.1, -0.05) is 0 Å². The number of carbonyl (C=O) groups is 2. The molecule has 1 aromatic heterocycles. The van der Waals surface area contributed by atoms with E-state index in [0.717, 1.165) is 0 Å². The fourth-order valence-corrected chi connectivity index (χ4v) is 2.19. The second kappa shape index (κ2) is 7.32. The minimum atomic E-state index is -0.610. The van der Waals surface area contributed by atoms with Crippen LogP contribution in [0.25, 0.3) is 0 Å². The van der Waals surface area contributed by atoms with Gasteiger partial charge in [-0.2, -0.15) is 0 Å². The number of amides is 3. The van der Waals surface area contributed by atoms with Crippen molar-refractivity contribution in [3.8, 4) is 0 Å². The quantitative estimate of drug-likeness (QED) is 0.644. The van der Waals surface area contributed by atoms with Gasteiger partial charge in [0.2, 0.25) is 0 Å². The Morgan fingerprint density at radius 1 is 1.20 bits per heavy atom. The second-order valence-corrected chi connectivity index (χ2v) is 6.55. The summed E-state index contributed by atoms with van der Waals surface area (Å²) in [5.74, 6) is -0.288. The predicted octanol–water partition coefficient (Wildman–Crippen LogP) is 2.07. The van der Waals surface area contributed by atoms with Crippen LogP contribution in [0.5, 0.6) is 0 Å². The topological polar surface area (TPSA) is 118 Å². The molecule has 0 atom stereocenters. The molecule has 0 bridgehead atoms. The molecule has 0 aliphatic carbocycles. The van der Waals surface area contributed by atoms with Crippen LogP contribution in [0, 0.1) is 10.1 Å². The molecule has 2 rings (SSSR count). The molecule has 10 nitrogen and oxygen atoms in total. The Morgan fingerprint density at radius 3 is 2.28 bits per heavy atom. The maximum atomic E-state index is 12.2. The van der Waals surface area contributed by atoms with E-state index < -0.39 is 16.6 Å². The maximum Gasteiger partial charge on any atom is 0.410 e. The van der Waals surface area contributed by atoms with E-state index in [1.807, 2.05) is 0 Å². The molecule has 1 N–H and O–H groups in total. The van der Waals surface area contributed by atoms with Gasteiger partial charge >= 0.3 is 17.9 Å². The number of nitrogens with zero attached hydrogens (tertiary/aromatic N) is 4. The molecular weight excluding hydrogens is 330 g/mol. The zero-order valence-electron chi connectivity index (χ0n) is 14.4. The van der Waals surface area contributed by atoms with Crippen LogP contribution in [0.4, 0.5) is 21.1 Å². The lowest BCUT2D eigenvalue weighted by atomic mass is 10.2. The van der Waals surface area contributed by atoms with E-state index in [0.29, 0.717) is 31.9 Å².